The fourth-order valence-electron chi connectivity index (χ4n) is 10.4. The van der Waals surface area contributed by atoms with Gasteiger partial charge >= 0.3 is 19.8 Å². The van der Waals surface area contributed by atoms with Crippen LogP contribution >= 0.6 is 7.82 Å². The van der Waals surface area contributed by atoms with E-state index in [0.717, 1.165) is 96.3 Å². The summed E-state index contributed by atoms with van der Waals surface area (Å²) in [5, 5.41) is 0. The molecule has 0 aliphatic rings. The Morgan fingerprint density at radius 3 is 0.889 bits per heavy atom. The Labute approximate surface area is 556 Å². The van der Waals surface area contributed by atoms with Crippen molar-refractivity contribution in [3.63, 3.8) is 0 Å². The van der Waals surface area contributed by atoms with Gasteiger partial charge < -0.3 is 18.9 Å². The number of unbranched alkanes of at least 4 members (excludes halogenated alkanes) is 34. The minimum Gasteiger partial charge on any atom is -0.462 e. The maximum Gasteiger partial charge on any atom is 0.472 e. The van der Waals surface area contributed by atoms with Crippen molar-refractivity contribution in [1.82, 2.24) is 0 Å². The molecule has 0 aliphatic heterocycles. The molecule has 0 spiro atoms. The van der Waals surface area contributed by atoms with Gasteiger partial charge in [0.1, 0.15) is 19.8 Å². The summed E-state index contributed by atoms with van der Waals surface area (Å²) in [6, 6.07) is 0. The van der Waals surface area contributed by atoms with Crippen molar-refractivity contribution in [1.29, 1.82) is 0 Å². The average molecular weight is 1280 g/mol. The lowest BCUT2D eigenvalue weighted by molar-refractivity contribution is -0.870. The van der Waals surface area contributed by atoms with Gasteiger partial charge in [0.05, 0.1) is 27.7 Å². The zero-order chi connectivity index (χ0) is 65.5. The summed E-state index contributed by atoms with van der Waals surface area (Å²) in [5.74, 6) is -0.788. The third-order valence-corrected chi connectivity index (χ3v) is 17.0. The van der Waals surface area contributed by atoms with Crippen molar-refractivity contribution < 1.29 is 42.1 Å². The number of likely N-dealkylation sites (N-methyl/N-ethyl adjacent to an activating group) is 1. The molecular weight excluding hydrogens is 1130 g/mol. The molecule has 0 saturated heterocycles. The second kappa shape index (κ2) is 69.7. The van der Waals surface area contributed by atoms with Gasteiger partial charge in [0.2, 0.25) is 0 Å². The number of carbonyl (C=O) groups excluding carboxylic acids is 2. The van der Waals surface area contributed by atoms with Gasteiger partial charge in [-0.2, -0.15) is 0 Å². The van der Waals surface area contributed by atoms with Crippen LogP contribution in [0.25, 0.3) is 0 Å². The first-order valence-electron chi connectivity index (χ1n) is 37.3. The summed E-state index contributed by atoms with van der Waals surface area (Å²) in [6.45, 7) is 4.24. The number of ether oxygens (including phenoxy) is 2. The number of esters is 2. The summed E-state index contributed by atoms with van der Waals surface area (Å²) in [5.41, 5.74) is 0. The zero-order valence-corrected chi connectivity index (χ0v) is 60.0. The lowest BCUT2D eigenvalue weighted by Gasteiger charge is -2.24. The summed E-state index contributed by atoms with van der Waals surface area (Å²) < 4.78 is 34.8. The molecule has 10 heteroatoms. The number of quaternary nitrogens is 1. The smallest absolute Gasteiger partial charge is 0.462 e. The summed E-state index contributed by atoms with van der Waals surface area (Å²) in [6.07, 6.45) is 100. The van der Waals surface area contributed by atoms with Crippen molar-refractivity contribution in [2.45, 2.75) is 328 Å². The number of nitrogens with zero attached hydrogens (tertiary/aromatic N) is 1. The first-order valence-corrected chi connectivity index (χ1v) is 38.8. The van der Waals surface area contributed by atoms with Gasteiger partial charge in [-0.3, -0.25) is 18.6 Å². The number of allylic oxidation sites excluding steroid dienone is 20. The molecule has 0 rings (SSSR count). The monoisotopic (exact) mass is 1280 g/mol. The van der Waals surface area contributed by atoms with Crippen LogP contribution < -0.4 is 0 Å². The van der Waals surface area contributed by atoms with Gasteiger partial charge in [-0.1, -0.05) is 328 Å². The molecule has 90 heavy (non-hydrogen) atoms. The second-order valence-electron chi connectivity index (χ2n) is 25.9. The van der Waals surface area contributed by atoms with E-state index < -0.39 is 26.5 Å². The van der Waals surface area contributed by atoms with Crippen LogP contribution in [-0.4, -0.2) is 74.9 Å². The Bertz CT molecular complexity index is 1940. The van der Waals surface area contributed by atoms with Gasteiger partial charge in [-0.15, -0.1) is 0 Å². The Morgan fingerprint density at radius 2 is 0.600 bits per heavy atom. The molecule has 0 aromatic carbocycles. The molecule has 0 aromatic rings. The van der Waals surface area contributed by atoms with E-state index in [1.807, 2.05) is 21.1 Å². The quantitative estimate of drug-likeness (QED) is 0.0211. The van der Waals surface area contributed by atoms with Gasteiger partial charge in [0.25, 0.3) is 0 Å². The minimum absolute atomic E-state index is 0.0293. The predicted octanol–water partition coefficient (Wildman–Crippen LogP) is 24.6. The maximum atomic E-state index is 12.9. The molecule has 1 N–H and O–H groups in total. The molecule has 0 fully saturated rings. The van der Waals surface area contributed by atoms with Crippen LogP contribution in [0.4, 0.5) is 0 Å². The van der Waals surface area contributed by atoms with E-state index in [0.29, 0.717) is 17.4 Å². The summed E-state index contributed by atoms with van der Waals surface area (Å²) >= 11 is 0. The molecule has 0 bridgehead atoms. The van der Waals surface area contributed by atoms with Gasteiger partial charge in [-0.05, 0) is 103 Å². The molecule has 0 aromatic heterocycles. The van der Waals surface area contributed by atoms with Crippen LogP contribution in [0.5, 0.6) is 0 Å². The highest BCUT2D eigenvalue weighted by Gasteiger charge is 2.27. The van der Waals surface area contributed by atoms with Crippen molar-refractivity contribution in [3.05, 3.63) is 122 Å². The third kappa shape index (κ3) is 73.5. The van der Waals surface area contributed by atoms with Crippen LogP contribution in [-0.2, 0) is 32.7 Å². The Balaban J connectivity index is 4.00. The number of hydrogen-bond donors (Lipinski definition) is 1. The van der Waals surface area contributed by atoms with Crippen LogP contribution in [0.1, 0.15) is 322 Å². The lowest BCUT2D eigenvalue weighted by Crippen LogP contribution is -2.37. The molecule has 0 radical (unpaired) electrons. The average Bonchev–Trinajstić information content (AvgIpc) is 3.56. The summed E-state index contributed by atoms with van der Waals surface area (Å²) in [4.78, 5) is 35.9. The van der Waals surface area contributed by atoms with Crippen LogP contribution in [0.2, 0.25) is 0 Å². The maximum absolute atomic E-state index is 12.9. The van der Waals surface area contributed by atoms with E-state index in [-0.39, 0.29) is 32.0 Å². The third-order valence-electron chi connectivity index (χ3n) is 16.0. The number of phosphoric acid groups is 1. The fraction of sp³-hybridized carbons (Fsp3) is 0.725. The Hall–Kier alpha value is -3.59. The van der Waals surface area contributed by atoms with Crippen molar-refractivity contribution >= 4 is 19.8 Å². The zero-order valence-electron chi connectivity index (χ0n) is 59.1. The Kier molecular flexibility index (Phi) is 67.0. The molecule has 0 amide bonds. The van der Waals surface area contributed by atoms with Gasteiger partial charge in [0, 0.05) is 12.8 Å². The number of rotatable bonds is 68. The molecule has 2 atom stereocenters. The summed E-state index contributed by atoms with van der Waals surface area (Å²) in [7, 11) is 1.48. The van der Waals surface area contributed by atoms with Crippen molar-refractivity contribution in [2.75, 3.05) is 47.5 Å². The second-order valence-corrected chi connectivity index (χ2v) is 27.4. The van der Waals surface area contributed by atoms with Crippen LogP contribution in [0, 0.1) is 0 Å². The van der Waals surface area contributed by atoms with E-state index in [4.69, 9.17) is 18.5 Å². The largest absolute Gasteiger partial charge is 0.472 e. The number of hydrogen-bond acceptors (Lipinski definition) is 7. The van der Waals surface area contributed by atoms with Gasteiger partial charge in [0.15, 0.2) is 6.10 Å². The first kappa shape index (κ1) is 86.4. The highest BCUT2D eigenvalue weighted by Crippen LogP contribution is 2.43. The lowest BCUT2D eigenvalue weighted by atomic mass is 10.0. The first-order chi connectivity index (χ1) is 44.0. The van der Waals surface area contributed by atoms with Gasteiger partial charge in [-0.25, -0.2) is 4.57 Å². The SMILES string of the molecule is CC/C=C\C/C=C\C/C=C\C/C=C\C/C=C\CCCCCCCCCCCCCCCCCCCC(=O)OCC(COP(=O)(O)OCC[N+](C)(C)C)OC(=O)CCCCCCCCCCCCCCCCCCC/C=C\C/C=C\C/C=C\C/C=C\C/C=C\CC. The van der Waals surface area contributed by atoms with Crippen LogP contribution in [0.3, 0.4) is 0 Å². The highest BCUT2D eigenvalue weighted by atomic mass is 31.2. The minimum atomic E-state index is -4.40. The predicted molar refractivity (Wildman–Crippen MR) is 390 cm³/mol. The normalized spacial score (nSPS) is 13.8. The topological polar surface area (TPSA) is 108 Å². The molecule has 0 saturated carbocycles. The molecule has 518 valence electrons. The van der Waals surface area contributed by atoms with E-state index in [1.54, 1.807) is 0 Å². The molecule has 2 unspecified atom stereocenters. The van der Waals surface area contributed by atoms with E-state index in [9.17, 15) is 19.0 Å². The molecule has 9 nitrogen and oxygen atoms in total. The Morgan fingerprint density at radius 1 is 0.344 bits per heavy atom. The number of phosphoric ester groups is 1. The van der Waals surface area contributed by atoms with E-state index >= 15 is 0 Å². The van der Waals surface area contributed by atoms with Crippen molar-refractivity contribution in [3.8, 4) is 0 Å². The molecular formula is C80H141NO8P+. The standard InChI is InChI=1S/C80H140NO8P/c1-6-8-10-12-14-16-18-20-22-24-26-28-30-32-34-36-38-40-42-44-46-48-50-52-54-56-58-60-62-64-66-68-70-72-79(82)86-76-78(77-88-90(84,85)87-75-74-81(3,4)5)89-80(83)73-71-69-67-65-63-61-59-57-55-53-51-49-47-45-43-41-39-37-35-33-31-29-27-25-23-21-19-17-15-13-11-9-7-2/h8-11,14-17,20-23,26-29,32-35,78H,6-7,12-13,18-19,24-25,30-31,36-77H2,1-5H3/p+1/b10-8-,11-9-,16-14-,17-15-,22-20-,23-21-,28-26-,29-27-,34-32-,35-33-. The van der Waals surface area contributed by atoms with E-state index in [1.165, 1.54) is 193 Å². The van der Waals surface area contributed by atoms with Crippen LogP contribution in [0.15, 0.2) is 122 Å². The fourth-order valence-corrected chi connectivity index (χ4v) is 11.1. The molecule has 0 heterocycles. The number of carbonyl (C=O) groups is 2. The molecule has 0 aliphatic carbocycles. The highest BCUT2D eigenvalue weighted by molar-refractivity contribution is 7.47. The van der Waals surface area contributed by atoms with Crippen molar-refractivity contribution in [2.24, 2.45) is 0 Å². The van der Waals surface area contributed by atoms with E-state index in [2.05, 4.69) is 135 Å².